The molecule has 0 fully saturated rings. The van der Waals surface area contributed by atoms with Gasteiger partial charge in [0.25, 0.3) is 0 Å². The molecule has 2 heteroatoms. The maximum absolute atomic E-state index is 3.43. The van der Waals surface area contributed by atoms with Crippen LogP contribution in [0.1, 0.15) is 33.6 Å². The van der Waals surface area contributed by atoms with Crippen LogP contribution >= 0.6 is 11.8 Å². The van der Waals surface area contributed by atoms with Crippen molar-refractivity contribution < 1.29 is 0 Å². The molecule has 10 heavy (non-hydrogen) atoms. The van der Waals surface area contributed by atoms with Gasteiger partial charge in [-0.25, -0.2) is 0 Å². The predicted molar refractivity (Wildman–Crippen MR) is 50.5 cm³/mol. The second kappa shape index (κ2) is 7.42. The maximum atomic E-state index is 3.43. The number of rotatable bonds is 6. The molecule has 1 N–H and O–H groups in total. The predicted octanol–water partition coefficient (Wildman–Crippen LogP) is 2.48. The lowest BCUT2D eigenvalue weighted by Crippen LogP contribution is -2.23. The third kappa shape index (κ3) is 6.43. The molecular weight excluding hydrogens is 142 g/mol. The van der Waals surface area contributed by atoms with Crippen molar-refractivity contribution in [3.05, 3.63) is 0 Å². The molecule has 0 aliphatic carbocycles. The number of hydrogen-bond donors (Lipinski definition) is 1. The zero-order valence-corrected chi connectivity index (χ0v) is 8.13. The Morgan fingerprint density at radius 3 is 2.50 bits per heavy atom. The average Bonchev–Trinajstić information content (AvgIpc) is 1.97. The first-order valence-corrected chi connectivity index (χ1v) is 5.21. The molecule has 0 heterocycles. The summed E-state index contributed by atoms with van der Waals surface area (Å²) < 4.78 is 0. The summed E-state index contributed by atoms with van der Waals surface area (Å²) >= 11 is 2.01. The largest absolute Gasteiger partial charge is 0.306 e. The Labute approximate surface area is 69.0 Å². The van der Waals surface area contributed by atoms with E-state index >= 15 is 0 Å². The molecule has 1 atom stereocenters. The average molecular weight is 161 g/mol. The van der Waals surface area contributed by atoms with Gasteiger partial charge in [-0.1, -0.05) is 13.8 Å². The van der Waals surface area contributed by atoms with Gasteiger partial charge in [-0.2, -0.15) is 0 Å². The summed E-state index contributed by atoms with van der Waals surface area (Å²) in [4.78, 5) is 0. The molecule has 0 saturated carbocycles. The Morgan fingerprint density at radius 2 is 2.00 bits per heavy atom. The van der Waals surface area contributed by atoms with Crippen LogP contribution in [0.15, 0.2) is 0 Å². The second-order valence-corrected chi connectivity index (χ2v) is 3.92. The van der Waals surface area contributed by atoms with E-state index in [0.717, 1.165) is 6.54 Å². The van der Waals surface area contributed by atoms with E-state index in [4.69, 9.17) is 0 Å². The third-order valence-electron chi connectivity index (χ3n) is 1.25. The van der Waals surface area contributed by atoms with Crippen LogP contribution < -0.4 is 5.32 Å². The molecular formula is C8H19NS. The molecule has 0 radical (unpaired) electrons. The van der Waals surface area contributed by atoms with Crippen LogP contribution in [-0.4, -0.2) is 17.7 Å². The first-order chi connectivity index (χ1) is 4.81. The Bertz CT molecular complexity index is 58.3. The number of nitrogens with one attached hydrogen (secondary N) is 1. The molecule has 0 rings (SSSR count). The Balaban J connectivity index is 3.00. The molecule has 0 aromatic rings. The highest BCUT2D eigenvalue weighted by Crippen LogP contribution is 2.07. The highest BCUT2D eigenvalue weighted by atomic mass is 32.2. The van der Waals surface area contributed by atoms with Crippen molar-refractivity contribution in [3.8, 4) is 0 Å². The fraction of sp³-hybridized carbons (Fsp3) is 1.00. The third-order valence-corrected chi connectivity index (χ3v) is 2.56. The van der Waals surface area contributed by atoms with E-state index < -0.39 is 0 Å². The monoisotopic (exact) mass is 161 g/mol. The van der Waals surface area contributed by atoms with Crippen molar-refractivity contribution in [2.75, 3.05) is 12.3 Å². The molecule has 0 saturated heterocycles. The summed E-state index contributed by atoms with van der Waals surface area (Å²) in [6.45, 7) is 7.80. The lowest BCUT2D eigenvalue weighted by atomic mass is 10.5. The van der Waals surface area contributed by atoms with Crippen molar-refractivity contribution >= 4 is 11.8 Å². The summed E-state index contributed by atoms with van der Waals surface area (Å²) in [6, 6.07) is 0. The SMILES string of the molecule is CCCN[C@@H](C)SCCC. The fourth-order valence-corrected chi connectivity index (χ4v) is 1.53. The standard InChI is InChI=1S/C8H19NS/c1-4-6-9-8(3)10-7-5-2/h8-9H,4-7H2,1-3H3/t8-/m1/s1. The van der Waals surface area contributed by atoms with Crippen LogP contribution in [0.2, 0.25) is 0 Å². The lowest BCUT2D eigenvalue weighted by Gasteiger charge is -2.11. The first-order valence-electron chi connectivity index (χ1n) is 4.16. The van der Waals surface area contributed by atoms with E-state index in [1.807, 2.05) is 11.8 Å². The van der Waals surface area contributed by atoms with E-state index in [-0.39, 0.29) is 0 Å². The van der Waals surface area contributed by atoms with Crippen molar-refractivity contribution in [3.63, 3.8) is 0 Å². The van der Waals surface area contributed by atoms with Crippen LogP contribution in [0.25, 0.3) is 0 Å². The fourth-order valence-electron chi connectivity index (χ4n) is 0.701. The Morgan fingerprint density at radius 1 is 1.30 bits per heavy atom. The van der Waals surface area contributed by atoms with Crippen molar-refractivity contribution in [1.29, 1.82) is 0 Å². The molecule has 0 aromatic heterocycles. The number of hydrogen-bond acceptors (Lipinski definition) is 2. The quantitative estimate of drug-likeness (QED) is 0.601. The minimum Gasteiger partial charge on any atom is -0.306 e. The summed E-state index contributed by atoms with van der Waals surface area (Å²) in [7, 11) is 0. The minimum atomic E-state index is 0.639. The molecule has 0 amide bonds. The molecule has 0 aromatic carbocycles. The van der Waals surface area contributed by atoms with E-state index in [9.17, 15) is 0 Å². The van der Waals surface area contributed by atoms with Crippen LogP contribution in [0.4, 0.5) is 0 Å². The number of thioether (sulfide) groups is 1. The topological polar surface area (TPSA) is 12.0 Å². The van der Waals surface area contributed by atoms with Crippen LogP contribution in [0.5, 0.6) is 0 Å². The summed E-state index contributed by atoms with van der Waals surface area (Å²) in [5.74, 6) is 1.28. The van der Waals surface area contributed by atoms with E-state index in [2.05, 4.69) is 26.1 Å². The van der Waals surface area contributed by atoms with Gasteiger partial charge in [-0.05, 0) is 32.1 Å². The molecule has 0 aliphatic rings. The molecule has 1 nitrogen and oxygen atoms in total. The first kappa shape index (κ1) is 10.3. The zero-order chi connectivity index (χ0) is 7.82. The molecule has 0 spiro atoms. The van der Waals surface area contributed by atoms with Gasteiger partial charge in [0.15, 0.2) is 0 Å². The summed E-state index contributed by atoms with van der Waals surface area (Å²) in [5, 5.41) is 4.07. The summed E-state index contributed by atoms with van der Waals surface area (Å²) in [5.41, 5.74) is 0. The summed E-state index contributed by atoms with van der Waals surface area (Å²) in [6.07, 6.45) is 2.51. The van der Waals surface area contributed by atoms with Crippen molar-refractivity contribution in [2.24, 2.45) is 0 Å². The molecule has 0 unspecified atom stereocenters. The van der Waals surface area contributed by atoms with Gasteiger partial charge < -0.3 is 5.32 Å². The van der Waals surface area contributed by atoms with Gasteiger partial charge in [-0.15, -0.1) is 11.8 Å². The molecule has 0 aliphatic heterocycles. The van der Waals surface area contributed by atoms with E-state index in [1.165, 1.54) is 18.6 Å². The van der Waals surface area contributed by atoms with Crippen LogP contribution in [0, 0.1) is 0 Å². The van der Waals surface area contributed by atoms with Crippen molar-refractivity contribution in [2.45, 2.75) is 39.0 Å². The molecule has 62 valence electrons. The zero-order valence-electron chi connectivity index (χ0n) is 7.31. The Hall–Kier alpha value is 0.310. The highest BCUT2D eigenvalue weighted by molar-refractivity contribution is 7.99. The van der Waals surface area contributed by atoms with Crippen LogP contribution in [0.3, 0.4) is 0 Å². The van der Waals surface area contributed by atoms with Gasteiger partial charge in [0.1, 0.15) is 0 Å². The lowest BCUT2D eigenvalue weighted by molar-refractivity contribution is 0.670. The van der Waals surface area contributed by atoms with Crippen molar-refractivity contribution in [1.82, 2.24) is 5.32 Å². The normalized spacial score (nSPS) is 13.5. The van der Waals surface area contributed by atoms with Gasteiger partial charge in [0.2, 0.25) is 0 Å². The Kier molecular flexibility index (Phi) is 7.65. The molecule has 0 bridgehead atoms. The van der Waals surface area contributed by atoms with Gasteiger partial charge in [0, 0.05) is 0 Å². The second-order valence-electron chi connectivity index (χ2n) is 2.47. The van der Waals surface area contributed by atoms with E-state index in [0.29, 0.717) is 5.37 Å². The van der Waals surface area contributed by atoms with Gasteiger partial charge >= 0.3 is 0 Å². The van der Waals surface area contributed by atoms with Crippen LogP contribution in [-0.2, 0) is 0 Å². The van der Waals surface area contributed by atoms with Gasteiger partial charge in [-0.3, -0.25) is 0 Å². The van der Waals surface area contributed by atoms with E-state index in [1.54, 1.807) is 0 Å². The highest BCUT2D eigenvalue weighted by Gasteiger charge is 1.97. The maximum Gasteiger partial charge on any atom is 0.0503 e. The van der Waals surface area contributed by atoms with Gasteiger partial charge in [0.05, 0.1) is 5.37 Å². The minimum absolute atomic E-state index is 0.639. The smallest absolute Gasteiger partial charge is 0.0503 e.